The van der Waals surface area contributed by atoms with Gasteiger partial charge in [0.2, 0.25) is 0 Å². The lowest BCUT2D eigenvalue weighted by molar-refractivity contribution is 0.141. The summed E-state index contributed by atoms with van der Waals surface area (Å²) in [6, 6.07) is 14.7. The highest BCUT2D eigenvalue weighted by Crippen LogP contribution is 2.28. The van der Waals surface area contributed by atoms with Gasteiger partial charge in [-0.3, -0.25) is 0 Å². The van der Waals surface area contributed by atoms with E-state index in [4.69, 9.17) is 4.74 Å². The minimum Gasteiger partial charge on any atom is -0.494 e. The first kappa shape index (κ1) is 17.1. The zero-order valence-corrected chi connectivity index (χ0v) is 14.0. The molecule has 0 saturated carbocycles. The van der Waals surface area contributed by atoms with Gasteiger partial charge in [0.1, 0.15) is 11.6 Å². The Balaban J connectivity index is 1.90. The maximum Gasteiger partial charge on any atom is 0.297 e. The van der Waals surface area contributed by atoms with E-state index in [0.29, 0.717) is 23.3 Å². The second kappa shape index (κ2) is 7.42. The molecule has 2 aromatic carbocycles. The molecule has 1 N–H and O–H groups in total. The van der Waals surface area contributed by atoms with Crippen LogP contribution in [0.3, 0.4) is 0 Å². The van der Waals surface area contributed by atoms with Gasteiger partial charge in [-0.05, 0) is 43.7 Å². The molecule has 1 heterocycles. The number of rotatable bonds is 6. The van der Waals surface area contributed by atoms with E-state index in [-0.39, 0.29) is 6.04 Å². The average Bonchev–Trinajstić information content (AvgIpc) is 2.62. The molecule has 130 valence electrons. The van der Waals surface area contributed by atoms with Gasteiger partial charge in [-0.25, -0.2) is 18.7 Å². The van der Waals surface area contributed by atoms with Crippen molar-refractivity contribution in [2.75, 3.05) is 11.9 Å². The molecule has 25 heavy (non-hydrogen) atoms. The SMILES string of the molecule is CCOc1ccc(C(C)Nc2nc(C(F)F)nc3ccccc23)cc1. The second-order valence-corrected chi connectivity index (χ2v) is 5.62. The van der Waals surface area contributed by atoms with E-state index in [0.717, 1.165) is 11.3 Å². The van der Waals surface area contributed by atoms with Crippen molar-refractivity contribution in [1.29, 1.82) is 0 Å². The van der Waals surface area contributed by atoms with Crippen LogP contribution in [0.5, 0.6) is 5.75 Å². The Labute approximate surface area is 144 Å². The van der Waals surface area contributed by atoms with Gasteiger partial charge in [0.25, 0.3) is 6.43 Å². The molecule has 0 fully saturated rings. The van der Waals surface area contributed by atoms with Gasteiger partial charge in [-0.1, -0.05) is 24.3 Å². The molecule has 3 rings (SSSR count). The third-order valence-corrected chi connectivity index (χ3v) is 3.86. The van der Waals surface area contributed by atoms with E-state index in [2.05, 4.69) is 15.3 Å². The van der Waals surface area contributed by atoms with Crippen LogP contribution in [0.4, 0.5) is 14.6 Å². The topological polar surface area (TPSA) is 47.0 Å². The molecule has 1 aromatic heterocycles. The molecule has 0 spiro atoms. The van der Waals surface area contributed by atoms with Crippen LogP contribution in [0.1, 0.15) is 37.7 Å². The number of hydrogen-bond donors (Lipinski definition) is 1. The predicted octanol–water partition coefficient (Wildman–Crippen LogP) is 5.14. The first-order valence-corrected chi connectivity index (χ1v) is 8.12. The number of ether oxygens (including phenoxy) is 1. The highest BCUT2D eigenvalue weighted by molar-refractivity contribution is 5.89. The van der Waals surface area contributed by atoms with E-state index >= 15 is 0 Å². The second-order valence-electron chi connectivity index (χ2n) is 5.62. The molecule has 0 saturated heterocycles. The summed E-state index contributed by atoms with van der Waals surface area (Å²) in [6.45, 7) is 4.49. The summed E-state index contributed by atoms with van der Waals surface area (Å²) in [5.74, 6) is 0.730. The van der Waals surface area contributed by atoms with Crippen LogP contribution in [0.15, 0.2) is 48.5 Å². The number of aromatic nitrogens is 2. The predicted molar refractivity (Wildman–Crippen MR) is 94.1 cm³/mol. The number of alkyl halides is 2. The fourth-order valence-corrected chi connectivity index (χ4v) is 2.61. The molecule has 0 aliphatic carbocycles. The van der Waals surface area contributed by atoms with Crippen LogP contribution < -0.4 is 10.1 Å². The molecule has 6 heteroatoms. The Hall–Kier alpha value is -2.76. The Kier molecular flexibility index (Phi) is 5.07. The van der Waals surface area contributed by atoms with Crippen LogP contribution in [0, 0.1) is 0 Å². The van der Waals surface area contributed by atoms with Crippen molar-refractivity contribution in [1.82, 2.24) is 9.97 Å². The van der Waals surface area contributed by atoms with E-state index in [1.165, 1.54) is 0 Å². The van der Waals surface area contributed by atoms with Gasteiger partial charge >= 0.3 is 0 Å². The van der Waals surface area contributed by atoms with Crippen molar-refractivity contribution in [3.05, 3.63) is 59.9 Å². The fraction of sp³-hybridized carbons (Fsp3) is 0.263. The molecule has 0 aliphatic rings. The fourth-order valence-electron chi connectivity index (χ4n) is 2.61. The number of anilines is 1. The van der Waals surface area contributed by atoms with Crippen molar-refractivity contribution in [3.63, 3.8) is 0 Å². The van der Waals surface area contributed by atoms with E-state index in [9.17, 15) is 8.78 Å². The van der Waals surface area contributed by atoms with E-state index in [1.54, 1.807) is 12.1 Å². The number of hydrogen-bond acceptors (Lipinski definition) is 4. The number of benzene rings is 2. The van der Waals surface area contributed by atoms with Gasteiger partial charge in [0.05, 0.1) is 12.1 Å². The van der Waals surface area contributed by atoms with Crippen LogP contribution >= 0.6 is 0 Å². The standard InChI is InChI=1S/C19H19F2N3O/c1-3-25-14-10-8-13(9-11-14)12(2)22-18-15-6-4-5-7-16(15)23-19(24-18)17(20)21/h4-12,17H,3H2,1-2H3,(H,22,23,24). The highest BCUT2D eigenvalue weighted by atomic mass is 19.3. The van der Waals surface area contributed by atoms with Gasteiger partial charge in [-0.15, -0.1) is 0 Å². The van der Waals surface area contributed by atoms with Gasteiger partial charge in [0.15, 0.2) is 5.82 Å². The Morgan fingerprint density at radius 1 is 1.04 bits per heavy atom. The van der Waals surface area contributed by atoms with Crippen molar-refractivity contribution < 1.29 is 13.5 Å². The number of para-hydroxylation sites is 1. The lowest BCUT2D eigenvalue weighted by Crippen LogP contribution is -2.10. The zero-order chi connectivity index (χ0) is 17.8. The summed E-state index contributed by atoms with van der Waals surface area (Å²) < 4.78 is 31.6. The summed E-state index contributed by atoms with van der Waals surface area (Å²) in [4.78, 5) is 7.95. The molecular weight excluding hydrogens is 324 g/mol. The van der Waals surface area contributed by atoms with Crippen LogP contribution in [0.2, 0.25) is 0 Å². The largest absolute Gasteiger partial charge is 0.494 e. The van der Waals surface area contributed by atoms with E-state index < -0.39 is 12.2 Å². The molecule has 1 unspecified atom stereocenters. The number of nitrogens with zero attached hydrogens (tertiary/aromatic N) is 2. The Morgan fingerprint density at radius 3 is 2.44 bits per heavy atom. The van der Waals surface area contributed by atoms with Crippen molar-refractivity contribution >= 4 is 16.7 Å². The number of fused-ring (bicyclic) bond motifs is 1. The van der Waals surface area contributed by atoms with Gasteiger partial charge < -0.3 is 10.1 Å². The summed E-state index contributed by atoms with van der Waals surface area (Å²) >= 11 is 0. The Morgan fingerprint density at radius 2 is 1.76 bits per heavy atom. The maximum atomic E-state index is 13.1. The maximum absolute atomic E-state index is 13.1. The summed E-state index contributed by atoms with van der Waals surface area (Å²) in [6.07, 6.45) is -2.72. The summed E-state index contributed by atoms with van der Waals surface area (Å²) in [5.41, 5.74) is 1.50. The summed E-state index contributed by atoms with van der Waals surface area (Å²) in [7, 11) is 0. The van der Waals surface area contributed by atoms with Crippen molar-refractivity contribution in [3.8, 4) is 5.75 Å². The lowest BCUT2D eigenvalue weighted by atomic mass is 10.1. The van der Waals surface area contributed by atoms with Gasteiger partial charge in [0, 0.05) is 11.4 Å². The molecule has 4 nitrogen and oxygen atoms in total. The third kappa shape index (κ3) is 3.84. The minimum absolute atomic E-state index is 0.112. The molecule has 0 amide bonds. The molecule has 1 atom stereocenters. The third-order valence-electron chi connectivity index (χ3n) is 3.86. The molecule has 0 aliphatic heterocycles. The van der Waals surface area contributed by atoms with Crippen LogP contribution in [-0.4, -0.2) is 16.6 Å². The normalized spacial score (nSPS) is 12.4. The quantitative estimate of drug-likeness (QED) is 0.673. The first-order chi connectivity index (χ1) is 12.1. The molecular formula is C19H19F2N3O. The molecule has 0 bridgehead atoms. The average molecular weight is 343 g/mol. The summed E-state index contributed by atoms with van der Waals surface area (Å²) in [5, 5.41) is 3.94. The lowest BCUT2D eigenvalue weighted by Gasteiger charge is -2.17. The van der Waals surface area contributed by atoms with Crippen LogP contribution in [-0.2, 0) is 0 Å². The zero-order valence-electron chi connectivity index (χ0n) is 14.0. The minimum atomic E-state index is -2.72. The highest BCUT2D eigenvalue weighted by Gasteiger charge is 2.16. The molecule has 3 aromatic rings. The van der Waals surface area contributed by atoms with Crippen molar-refractivity contribution in [2.24, 2.45) is 0 Å². The number of nitrogens with one attached hydrogen (secondary N) is 1. The smallest absolute Gasteiger partial charge is 0.297 e. The monoisotopic (exact) mass is 343 g/mol. The first-order valence-electron chi connectivity index (χ1n) is 8.12. The number of halogens is 2. The van der Waals surface area contributed by atoms with E-state index in [1.807, 2.05) is 50.2 Å². The van der Waals surface area contributed by atoms with Gasteiger partial charge in [-0.2, -0.15) is 0 Å². The Bertz CT molecular complexity index is 853. The van der Waals surface area contributed by atoms with Crippen LogP contribution in [0.25, 0.3) is 10.9 Å². The van der Waals surface area contributed by atoms with Crippen molar-refractivity contribution in [2.45, 2.75) is 26.3 Å². The molecule has 0 radical (unpaired) electrons.